The lowest BCUT2D eigenvalue weighted by atomic mass is 9.86. The van der Waals surface area contributed by atoms with Crippen LogP contribution in [0.4, 0.5) is 0 Å². The molecule has 1 aromatic rings. The lowest BCUT2D eigenvalue weighted by Gasteiger charge is -2.40. The first kappa shape index (κ1) is 14.3. The van der Waals surface area contributed by atoms with Crippen LogP contribution in [-0.4, -0.2) is 45.4 Å². The van der Waals surface area contributed by atoms with Crippen molar-refractivity contribution in [1.82, 2.24) is 14.7 Å². The second-order valence-electron chi connectivity index (χ2n) is 6.24. The summed E-state index contributed by atoms with van der Waals surface area (Å²) in [5.41, 5.74) is -0.855. The van der Waals surface area contributed by atoms with Gasteiger partial charge < -0.3 is 10.0 Å². The van der Waals surface area contributed by atoms with Gasteiger partial charge >= 0.3 is 5.97 Å². The van der Waals surface area contributed by atoms with E-state index in [1.54, 1.807) is 23.1 Å². The molecule has 2 heterocycles. The Kier molecular flexibility index (Phi) is 4.10. The van der Waals surface area contributed by atoms with Crippen molar-refractivity contribution < 1.29 is 9.90 Å². The number of hydrogen-bond acceptors (Lipinski definition) is 3. The number of hydrogen-bond donors (Lipinski definition) is 1. The van der Waals surface area contributed by atoms with Crippen molar-refractivity contribution in [3.8, 4) is 0 Å². The molecule has 0 bridgehead atoms. The number of allylic oxidation sites excluding steroid dienone is 2. The van der Waals surface area contributed by atoms with Gasteiger partial charge in [-0.2, -0.15) is 5.10 Å². The number of piperidine rings is 1. The third-order valence-electron chi connectivity index (χ3n) is 4.92. The minimum absolute atomic E-state index is 0.632. The second kappa shape index (κ2) is 6.02. The van der Waals surface area contributed by atoms with Gasteiger partial charge in [-0.15, -0.1) is 0 Å². The van der Waals surface area contributed by atoms with Gasteiger partial charge in [0.05, 0.1) is 0 Å². The fourth-order valence-electron chi connectivity index (χ4n) is 3.56. The van der Waals surface area contributed by atoms with Gasteiger partial charge in [-0.3, -0.25) is 4.68 Å². The number of carbonyl (C=O) groups is 1. The van der Waals surface area contributed by atoms with E-state index < -0.39 is 11.5 Å². The Morgan fingerprint density at radius 1 is 1.33 bits per heavy atom. The van der Waals surface area contributed by atoms with Crippen LogP contribution in [0.3, 0.4) is 0 Å². The largest absolute Gasteiger partial charge is 0.479 e. The minimum atomic E-state index is -0.855. The molecule has 1 aliphatic heterocycles. The molecule has 3 rings (SSSR count). The summed E-state index contributed by atoms with van der Waals surface area (Å²) >= 11 is 0. The highest BCUT2D eigenvalue weighted by Crippen LogP contribution is 2.31. The van der Waals surface area contributed by atoms with E-state index in [0.29, 0.717) is 12.8 Å². The van der Waals surface area contributed by atoms with Crippen LogP contribution in [-0.2, 0) is 10.3 Å². The number of carboxylic acid groups (broad SMARTS) is 1. The highest BCUT2D eigenvalue weighted by molar-refractivity contribution is 5.76. The van der Waals surface area contributed by atoms with Crippen molar-refractivity contribution in [3.63, 3.8) is 0 Å². The molecule has 1 atom stereocenters. The molecule has 1 N–H and O–H groups in total. The minimum Gasteiger partial charge on any atom is -0.479 e. The van der Waals surface area contributed by atoms with Crippen LogP contribution in [0.25, 0.3) is 0 Å². The van der Waals surface area contributed by atoms with Gasteiger partial charge in [0.25, 0.3) is 0 Å². The maximum atomic E-state index is 11.8. The van der Waals surface area contributed by atoms with E-state index in [-0.39, 0.29) is 0 Å². The SMILES string of the molecule is O=C(O)C1(n2cccn2)CCN(CC2CC=CCC2)CC1. The molecule has 0 radical (unpaired) electrons. The molecule has 114 valence electrons. The van der Waals surface area contributed by atoms with Crippen LogP contribution >= 0.6 is 0 Å². The zero-order chi connectivity index (χ0) is 14.7. The summed E-state index contributed by atoms with van der Waals surface area (Å²) < 4.78 is 1.63. The Balaban J connectivity index is 1.63. The topological polar surface area (TPSA) is 58.4 Å². The summed E-state index contributed by atoms with van der Waals surface area (Å²) in [6.07, 6.45) is 12.9. The predicted octanol–water partition coefficient (Wildman–Crippen LogP) is 2.12. The van der Waals surface area contributed by atoms with Gasteiger partial charge in [-0.1, -0.05) is 12.2 Å². The lowest BCUT2D eigenvalue weighted by Crippen LogP contribution is -2.52. The molecule has 0 aromatic carbocycles. The van der Waals surface area contributed by atoms with Gasteiger partial charge in [0, 0.05) is 32.0 Å². The number of nitrogens with zero attached hydrogens (tertiary/aromatic N) is 3. The van der Waals surface area contributed by atoms with Gasteiger partial charge in [0.1, 0.15) is 0 Å². The number of likely N-dealkylation sites (tertiary alicyclic amines) is 1. The summed E-state index contributed by atoms with van der Waals surface area (Å²) in [5, 5.41) is 13.9. The molecular weight excluding hydrogens is 266 g/mol. The van der Waals surface area contributed by atoms with E-state index in [1.807, 2.05) is 0 Å². The van der Waals surface area contributed by atoms with E-state index in [2.05, 4.69) is 22.2 Å². The normalized spacial score (nSPS) is 25.8. The molecule has 0 spiro atoms. The average Bonchev–Trinajstić information content (AvgIpc) is 3.04. The molecule has 0 amide bonds. The molecule has 0 saturated carbocycles. The molecule has 1 aromatic heterocycles. The highest BCUT2D eigenvalue weighted by atomic mass is 16.4. The van der Waals surface area contributed by atoms with Gasteiger partial charge in [0.2, 0.25) is 0 Å². The molecule has 1 saturated heterocycles. The fraction of sp³-hybridized carbons (Fsp3) is 0.625. The number of carboxylic acids is 1. The Hall–Kier alpha value is -1.62. The summed E-state index contributed by atoms with van der Waals surface area (Å²) in [6.45, 7) is 2.78. The molecule has 1 fully saturated rings. The van der Waals surface area contributed by atoms with Gasteiger partial charge in [-0.25, -0.2) is 4.79 Å². The molecule has 5 nitrogen and oxygen atoms in total. The number of rotatable bonds is 4. The van der Waals surface area contributed by atoms with Crippen molar-refractivity contribution in [2.45, 2.75) is 37.6 Å². The zero-order valence-electron chi connectivity index (χ0n) is 12.3. The Bertz CT molecular complexity index is 502. The molecule has 1 aliphatic carbocycles. The first-order valence-corrected chi connectivity index (χ1v) is 7.81. The van der Waals surface area contributed by atoms with Crippen molar-refractivity contribution in [2.24, 2.45) is 5.92 Å². The molecule has 1 unspecified atom stereocenters. The van der Waals surface area contributed by atoms with Crippen molar-refractivity contribution in [3.05, 3.63) is 30.6 Å². The van der Waals surface area contributed by atoms with Gasteiger partial charge in [-0.05, 0) is 44.1 Å². The van der Waals surface area contributed by atoms with Crippen molar-refractivity contribution in [2.75, 3.05) is 19.6 Å². The summed E-state index contributed by atoms with van der Waals surface area (Å²) in [4.78, 5) is 14.2. The van der Waals surface area contributed by atoms with Crippen LogP contribution < -0.4 is 0 Å². The van der Waals surface area contributed by atoms with Crippen molar-refractivity contribution >= 4 is 5.97 Å². The standard InChI is InChI=1S/C16H23N3O2/c20-15(21)16(19-10-4-9-17-19)7-11-18(12-8-16)13-14-5-2-1-3-6-14/h1-2,4,9-10,14H,3,5-8,11-13H2,(H,20,21). The molecule has 2 aliphatic rings. The summed E-state index contributed by atoms with van der Waals surface area (Å²) in [6, 6.07) is 1.80. The van der Waals surface area contributed by atoms with E-state index in [0.717, 1.165) is 25.6 Å². The van der Waals surface area contributed by atoms with Crippen LogP contribution in [0.1, 0.15) is 32.1 Å². The number of aliphatic carboxylic acids is 1. The first-order valence-electron chi connectivity index (χ1n) is 7.81. The van der Waals surface area contributed by atoms with Crippen LogP contribution in [0.5, 0.6) is 0 Å². The number of aromatic nitrogens is 2. The summed E-state index contributed by atoms with van der Waals surface area (Å²) in [5.74, 6) is -0.0246. The maximum absolute atomic E-state index is 11.8. The first-order chi connectivity index (χ1) is 10.2. The maximum Gasteiger partial charge on any atom is 0.331 e. The van der Waals surface area contributed by atoms with E-state index >= 15 is 0 Å². The Labute approximate surface area is 125 Å². The van der Waals surface area contributed by atoms with Gasteiger partial charge in [0.15, 0.2) is 5.54 Å². The average molecular weight is 289 g/mol. The molecular formula is C16H23N3O2. The quantitative estimate of drug-likeness (QED) is 0.863. The van der Waals surface area contributed by atoms with E-state index in [9.17, 15) is 9.90 Å². The monoisotopic (exact) mass is 289 g/mol. The third kappa shape index (κ3) is 2.88. The van der Waals surface area contributed by atoms with Crippen LogP contribution in [0.2, 0.25) is 0 Å². The third-order valence-corrected chi connectivity index (χ3v) is 4.92. The zero-order valence-corrected chi connectivity index (χ0v) is 12.3. The van der Waals surface area contributed by atoms with Crippen molar-refractivity contribution in [1.29, 1.82) is 0 Å². The Morgan fingerprint density at radius 2 is 2.14 bits per heavy atom. The van der Waals surface area contributed by atoms with Crippen LogP contribution in [0.15, 0.2) is 30.6 Å². The lowest BCUT2D eigenvalue weighted by molar-refractivity contribution is -0.151. The van der Waals surface area contributed by atoms with E-state index in [4.69, 9.17) is 0 Å². The summed E-state index contributed by atoms with van der Waals surface area (Å²) in [7, 11) is 0. The van der Waals surface area contributed by atoms with Crippen LogP contribution in [0, 0.1) is 5.92 Å². The van der Waals surface area contributed by atoms with E-state index in [1.165, 1.54) is 19.3 Å². The smallest absolute Gasteiger partial charge is 0.331 e. The molecule has 5 heteroatoms. The highest BCUT2D eigenvalue weighted by Gasteiger charge is 2.44. The predicted molar refractivity (Wildman–Crippen MR) is 80.0 cm³/mol. The Morgan fingerprint density at radius 3 is 2.71 bits per heavy atom. The fourth-order valence-corrected chi connectivity index (χ4v) is 3.56. The molecule has 21 heavy (non-hydrogen) atoms. The second-order valence-corrected chi connectivity index (χ2v) is 6.24.